The Bertz CT molecular complexity index is 802. The fraction of sp³-hybridized carbons (Fsp3) is 0.200. The van der Waals surface area contributed by atoms with Crippen LogP contribution in [0.15, 0.2) is 39.7 Å². The van der Waals surface area contributed by atoms with Gasteiger partial charge in [0, 0.05) is 10.2 Å². The van der Waals surface area contributed by atoms with Crippen molar-refractivity contribution < 1.29 is 8.42 Å². The minimum absolute atomic E-state index is 0.103. The lowest BCUT2D eigenvalue weighted by atomic mass is 10.1. The molecule has 6 heteroatoms. The summed E-state index contributed by atoms with van der Waals surface area (Å²) in [5.41, 5.74) is 9.41. The van der Waals surface area contributed by atoms with Gasteiger partial charge in [-0.3, -0.25) is 4.72 Å². The number of aryl methyl sites for hydroxylation is 3. The number of hydrogen-bond acceptors (Lipinski definition) is 3. The Labute approximate surface area is 133 Å². The molecule has 0 aliphatic rings. The topological polar surface area (TPSA) is 72.2 Å². The maximum atomic E-state index is 12.5. The fourth-order valence-electron chi connectivity index (χ4n) is 1.96. The standard InChI is InChI=1S/C15H17BrN2O2S/c1-9-7-14(17)15(8-10(9)2)21(19,20)18-12-4-5-13(16)11(3)6-12/h4-8,18H,17H2,1-3H3. The Hall–Kier alpha value is -1.53. The summed E-state index contributed by atoms with van der Waals surface area (Å²) in [5.74, 6) is 0. The van der Waals surface area contributed by atoms with Crippen LogP contribution >= 0.6 is 15.9 Å². The number of nitrogens with one attached hydrogen (secondary N) is 1. The second-order valence-electron chi connectivity index (χ2n) is 5.04. The van der Waals surface area contributed by atoms with Crippen molar-refractivity contribution in [1.82, 2.24) is 0 Å². The monoisotopic (exact) mass is 368 g/mol. The van der Waals surface area contributed by atoms with Crippen LogP contribution in [0.25, 0.3) is 0 Å². The van der Waals surface area contributed by atoms with Crippen LogP contribution in [0.4, 0.5) is 11.4 Å². The van der Waals surface area contributed by atoms with Crippen LogP contribution in [-0.2, 0) is 10.0 Å². The van der Waals surface area contributed by atoms with Crippen LogP contribution in [-0.4, -0.2) is 8.42 Å². The van der Waals surface area contributed by atoms with E-state index in [1.54, 1.807) is 30.3 Å². The summed E-state index contributed by atoms with van der Waals surface area (Å²) in [6, 6.07) is 8.54. The summed E-state index contributed by atoms with van der Waals surface area (Å²) in [7, 11) is -3.70. The van der Waals surface area contributed by atoms with Gasteiger partial charge in [-0.15, -0.1) is 0 Å². The van der Waals surface area contributed by atoms with Crippen LogP contribution in [0.5, 0.6) is 0 Å². The zero-order chi connectivity index (χ0) is 15.8. The van der Waals surface area contributed by atoms with Crippen molar-refractivity contribution in [2.45, 2.75) is 25.7 Å². The van der Waals surface area contributed by atoms with Crippen molar-refractivity contribution in [3.05, 3.63) is 51.5 Å². The molecule has 0 saturated carbocycles. The van der Waals surface area contributed by atoms with E-state index in [0.29, 0.717) is 5.69 Å². The van der Waals surface area contributed by atoms with Crippen molar-refractivity contribution in [3.8, 4) is 0 Å². The predicted molar refractivity (Wildman–Crippen MR) is 90.0 cm³/mol. The predicted octanol–water partition coefficient (Wildman–Crippen LogP) is 3.76. The molecule has 0 fully saturated rings. The van der Waals surface area contributed by atoms with Crippen molar-refractivity contribution >= 4 is 37.3 Å². The number of benzene rings is 2. The molecule has 0 heterocycles. The third-order valence-electron chi connectivity index (χ3n) is 3.33. The first kappa shape index (κ1) is 15.9. The highest BCUT2D eigenvalue weighted by Gasteiger charge is 2.18. The lowest BCUT2D eigenvalue weighted by molar-refractivity contribution is 0.601. The third kappa shape index (κ3) is 3.39. The molecule has 0 aliphatic carbocycles. The largest absolute Gasteiger partial charge is 0.398 e. The summed E-state index contributed by atoms with van der Waals surface area (Å²) in [4.78, 5) is 0.103. The minimum Gasteiger partial charge on any atom is -0.398 e. The summed E-state index contributed by atoms with van der Waals surface area (Å²) in [6.07, 6.45) is 0. The Kier molecular flexibility index (Phi) is 4.30. The number of nitrogens with two attached hydrogens (primary N) is 1. The highest BCUT2D eigenvalue weighted by molar-refractivity contribution is 9.10. The number of halogens is 1. The van der Waals surface area contributed by atoms with Crippen LogP contribution in [0.2, 0.25) is 0 Å². The van der Waals surface area contributed by atoms with Gasteiger partial charge in [0.1, 0.15) is 4.90 Å². The molecule has 0 unspecified atom stereocenters. The summed E-state index contributed by atoms with van der Waals surface area (Å²) >= 11 is 3.39. The lowest BCUT2D eigenvalue weighted by Crippen LogP contribution is -2.15. The van der Waals surface area contributed by atoms with Crippen LogP contribution < -0.4 is 10.5 Å². The van der Waals surface area contributed by atoms with Gasteiger partial charge in [0.25, 0.3) is 10.0 Å². The van der Waals surface area contributed by atoms with Crippen LogP contribution in [0.1, 0.15) is 16.7 Å². The number of anilines is 2. The number of rotatable bonds is 3. The molecule has 21 heavy (non-hydrogen) atoms. The van der Waals surface area contributed by atoms with E-state index in [4.69, 9.17) is 5.73 Å². The molecule has 2 aromatic carbocycles. The average molecular weight is 369 g/mol. The highest BCUT2D eigenvalue weighted by atomic mass is 79.9. The normalized spacial score (nSPS) is 11.4. The SMILES string of the molecule is Cc1cc(N)c(S(=O)(=O)Nc2ccc(Br)c(C)c2)cc1C. The van der Waals surface area contributed by atoms with E-state index >= 15 is 0 Å². The van der Waals surface area contributed by atoms with Gasteiger partial charge in [0.05, 0.1) is 5.69 Å². The van der Waals surface area contributed by atoms with Gasteiger partial charge < -0.3 is 5.73 Å². The molecule has 2 rings (SSSR count). The van der Waals surface area contributed by atoms with E-state index in [9.17, 15) is 8.42 Å². The maximum absolute atomic E-state index is 12.5. The molecular weight excluding hydrogens is 352 g/mol. The van der Waals surface area contributed by atoms with Gasteiger partial charge in [-0.05, 0) is 67.8 Å². The lowest BCUT2D eigenvalue weighted by Gasteiger charge is -2.13. The second-order valence-corrected chi connectivity index (χ2v) is 7.55. The van der Waals surface area contributed by atoms with E-state index in [-0.39, 0.29) is 10.6 Å². The van der Waals surface area contributed by atoms with Crippen molar-refractivity contribution in [2.24, 2.45) is 0 Å². The van der Waals surface area contributed by atoms with E-state index in [1.165, 1.54) is 0 Å². The van der Waals surface area contributed by atoms with Gasteiger partial charge in [-0.1, -0.05) is 15.9 Å². The van der Waals surface area contributed by atoms with Gasteiger partial charge >= 0.3 is 0 Å². The number of sulfonamides is 1. The van der Waals surface area contributed by atoms with Crippen LogP contribution in [0, 0.1) is 20.8 Å². The van der Waals surface area contributed by atoms with Gasteiger partial charge in [-0.25, -0.2) is 8.42 Å². The molecule has 0 radical (unpaired) electrons. The summed E-state index contributed by atoms with van der Waals surface area (Å²) < 4.78 is 28.4. The Morgan fingerprint density at radius 2 is 1.62 bits per heavy atom. The molecule has 0 aromatic heterocycles. The first-order valence-corrected chi connectivity index (χ1v) is 8.64. The molecule has 2 aromatic rings. The molecule has 0 bridgehead atoms. The molecule has 0 spiro atoms. The summed E-state index contributed by atoms with van der Waals surface area (Å²) in [5, 5.41) is 0. The zero-order valence-electron chi connectivity index (χ0n) is 12.1. The third-order valence-corrected chi connectivity index (χ3v) is 5.65. The molecule has 0 amide bonds. The van der Waals surface area contributed by atoms with Crippen molar-refractivity contribution in [3.63, 3.8) is 0 Å². The highest BCUT2D eigenvalue weighted by Crippen LogP contribution is 2.26. The Morgan fingerprint density at radius 1 is 1.00 bits per heavy atom. The Morgan fingerprint density at radius 3 is 2.24 bits per heavy atom. The zero-order valence-corrected chi connectivity index (χ0v) is 14.5. The molecule has 0 aliphatic heterocycles. The fourth-order valence-corrected chi connectivity index (χ4v) is 3.46. The average Bonchev–Trinajstić information content (AvgIpc) is 2.37. The number of nitrogen functional groups attached to an aromatic ring is 1. The molecule has 3 N–H and O–H groups in total. The van der Waals surface area contributed by atoms with Crippen molar-refractivity contribution in [2.75, 3.05) is 10.5 Å². The van der Waals surface area contributed by atoms with E-state index < -0.39 is 10.0 Å². The smallest absolute Gasteiger partial charge is 0.263 e. The molecule has 4 nitrogen and oxygen atoms in total. The van der Waals surface area contributed by atoms with Gasteiger partial charge in [-0.2, -0.15) is 0 Å². The van der Waals surface area contributed by atoms with Crippen molar-refractivity contribution in [1.29, 1.82) is 0 Å². The molecule has 112 valence electrons. The minimum atomic E-state index is -3.70. The molecular formula is C15H17BrN2O2S. The van der Waals surface area contributed by atoms with Gasteiger partial charge in [0.2, 0.25) is 0 Å². The summed E-state index contributed by atoms with van der Waals surface area (Å²) in [6.45, 7) is 5.65. The second kappa shape index (κ2) is 5.69. The number of hydrogen-bond donors (Lipinski definition) is 2. The quantitative estimate of drug-likeness (QED) is 0.810. The molecule has 0 saturated heterocycles. The first-order chi connectivity index (χ1) is 9.70. The van der Waals surface area contributed by atoms with Gasteiger partial charge in [0.15, 0.2) is 0 Å². The van der Waals surface area contributed by atoms with E-state index in [0.717, 1.165) is 21.2 Å². The van der Waals surface area contributed by atoms with E-state index in [1.807, 2.05) is 20.8 Å². The Balaban J connectivity index is 2.43. The first-order valence-electron chi connectivity index (χ1n) is 6.36. The maximum Gasteiger partial charge on any atom is 0.263 e. The van der Waals surface area contributed by atoms with Crippen LogP contribution in [0.3, 0.4) is 0 Å². The van der Waals surface area contributed by atoms with E-state index in [2.05, 4.69) is 20.7 Å². The molecule has 0 atom stereocenters.